The normalized spacial score (nSPS) is 10.2. The summed E-state index contributed by atoms with van der Waals surface area (Å²) in [6, 6.07) is 16.8. The van der Waals surface area contributed by atoms with Crippen LogP contribution in [-0.2, 0) is 0 Å². The van der Waals surface area contributed by atoms with Gasteiger partial charge in [0.2, 0.25) is 0 Å². The maximum absolute atomic E-state index is 12.3. The Kier molecular flexibility index (Phi) is 4.15. The minimum absolute atomic E-state index is 0.194. The Bertz CT molecular complexity index is 787. The highest BCUT2D eigenvalue weighted by atomic mass is 79.9. The van der Waals surface area contributed by atoms with Crippen molar-refractivity contribution in [2.45, 2.75) is 0 Å². The fraction of sp³-hybridized carbons (Fsp3) is 0. The summed E-state index contributed by atoms with van der Waals surface area (Å²) < 4.78 is 0.796. The van der Waals surface area contributed by atoms with Gasteiger partial charge in [0.05, 0.1) is 5.69 Å². The Morgan fingerprint density at radius 3 is 2.50 bits per heavy atom. The number of rotatable bonds is 4. The summed E-state index contributed by atoms with van der Waals surface area (Å²) >= 11 is 3.39. The van der Waals surface area contributed by atoms with E-state index in [1.165, 1.54) is 0 Å². The van der Waals surface area contributed by atoms with Crippen LogP contribution >= 0.6 is 15.9 Å². The first-order chi connectivity index (χ1) is 10.7. The third-order valence-electron chi connectivity index (χ3n) is 2.92. The van der Waals surface area contributed by atoms with Gasteiger partial charge in [-0.15, -0.1) is 10.2 Å². The summed E-state index contributed by atoms with van der Waals surface area (Å²) in [6.07, 6.45) is 0. The van der Waals surface area contributed by atoms with Crippen molar-refractivity contribution in [1.82, 2.24) is 15.4 Å². The highest BCUT2D eigenvalue weighted by Crippen LogP contribution is 2.23. The molecule has 0 radical (unpaired) electrons. The van der Waals surface area contributed by atoms with E-state index >= 15 is 0 Å². The van der Waals surface area contributed by atoms with Gasteiger partial charge < -0.3 is 10.6 Å². The number of carbonyl (C=O) groups excluding carboxylic acids is 1. The van der Waals surface area contributed by atoms with E-state index in [4.69, 9.17) is 0 Å². The standard InChI is InChI=1S/C15H12BrN5O/c16-11-8-4-5-9-12(11)18-15(22)13-14(20-21-19-13)17-10-6-2-1-3-7-10/h1-9H,(H,18,22)(H2,17,19,20,21). The van der Waals surface area contributed by atoms with Crippen LogP contribution in [0.4, 0.5) is 17.2 Å². The van der Waals surface area contributed by atoms with Crippen LogP contribution in [0.2, 0.25) is 0 Å². The van der Waals surface area contributed by atoms with Gasteiger partial charge in [-0.2, -0.15) is 5.21 Å². The lowest BCUT2D eigenvalue weighted by atomic mass is 10.3. The van der Waals surface area contributed by atoms with Crippen LogP contribution in [-0.4, -0.2) is 21.3 Å². The number of halogens is 1. The Morgan fingerprint density at radius 2 is 1.73 bits per heavy atom. The van der Waals surface area contributed by atoms with Crippen molar-refractivity contribution in [2.75, 3.05) is 10.6 Å². The molecule has 3 rings (SSSR count). The van der Waals surface area contributed by atoms with E-state index in [1.54, 1.807) is 6.07 Å². The van der Waals surface area contributed by atoms with Gasteiger partial charge in [0.25, 0.3) is 5.91 Å². The van der Waals surface area contributed by atoms with Gasteiger partial charge in [-0.3, -0.25) is 4.79 Å². The second-order valence-electron chi connectivity index (χ2n) is 4.45. The van der Waals surface area contributed by atoms with E-state index < -0.39 is 0 Å². The Hall–Kier alpha value is -2.67. The van der Waals surface area contributed by atoms with E-state index in [2.05, 4.69) is 42.0 Å². The van der Waals surface area contributed by atoms with Crippen molar-refractivity contribution >= 4 is 39.0 Å². The molecule has 110 valence electrons. The average molecular weight is 358 g/mol. The molecule has 3 N–H and O–H groups in total. The predicted octanol–water partition coefficient (Wildman–Crippen LogP) is 3.56. The second kappa shape index (κ2) is 6.40. The van der Waals surface area contributed by atoms with E-state index in [0.717, 1.165) is 10.2 Å². The molecule has 0 spiro atoms. The molecule has 6 nitrogen and oxygen atoms in total. The number of hydrogen-bond acceptors (Lipinski definition) is 4. The molecule has 0 saturated carbocycles. The molecule has 0 unspecified atom stereocenters. The molecule has 0 atom stereocenters. The van der Waals surface area contributed by atoms with Crippen molar-refractivity contribution in [3.63, 3.8) is 0 Å². The molecule has 0 saturated heterocycles. The number of aromatic amines is 1. The number of nitrogens with one attached hydrogen (secondary N) is 3. The summed E-state index contributed by atoms with van der Waals surface area (Å²) in [7, 11) is 0. The quantitative estimate of drug-likeness (QED) is 0.666. The molecule has 3 aromatic rings. The summed E-state index contributed by atoms with van der Waals surface area (Å²) in [5, 5.41) is 16.2. The summed E-state index contributed by atoms with van der Waals surface area (Å²) in [5.74, 6) is 0.0230. The van der Waals surface area contributed by atoms with Gasteiger partial charge in [0.1, 0.15) is 0 Å². The maximum Gasteiger partial charge on any atom is 0.280 e. The molecule has 22 heavy (non-hydrogen) atoms. The number of carbonyl (C=O) groups is 1. The number of amides is 1. The molecule has 1 aromatic heterocycles. The summed E-state index contributed by atoms with van der Waals surface area (Å²) in [6.45, 7) is 0. The number of para-hydroxylation sites is 2. The maximum atomic E-state index is 12.3. The first-order valence-corrected chi connectivity index (χ1v) is 7.32. The third-order valence-corrected chi connectivity index (χ3v) is 3.61. The number of aromatic nitrogens is 3. The topological polar surface area (TPSA) is 82.7 Å². The van der Waals surface area contributed by atoms with Crippen molar-refractivity contribution in [3.8, 4) is 0 Å². The van der Waals surface area contributed by atoms with Crippen LogP contribution in [0.5, 0.6) is 0 Å². The van der Waals surface area contributed by atoms with Crippen LogP contribution in [0, 0.1) is 0 Å². The molecular weight excluding hydrogens is 346 g/mol. The van der Waals surface area contributed by atoms with Gasteiger partial charge in [-0.1, -0.05) is 30.3 Å². The molecule has 0 aliphatic carbocycles. The second-order valence-corrected chi connectivity index (χ2v) is 5.30. The molecule has 0 bridgehead atoms. The Balaban J connectivity index is 1.79. The van der Waals surface area contributed by atoms with E-state index in [1.807, 2.05) is 48.5 Å². The Morgan fingerprint density at radius 1 is 1.00 bits per heavy atom. The first-order valence-electron chi connectivity index (χ1n) is 6.53. The van der Waals surface area contributed by atoms with Crippen molar-refractivity contribution in [2.24, 2.45) is 0 Å². The first kappa shape index (κ1) is 14.3. The lowest BCUT2D eigenvalue weighted by Crippen LogP contribution is -2.14. The van der Waals surface area contributed by atoms with Crippen molar-refractivity contribution in [1.29, 1.82) is 0 Å². The molecule has 2 aromatic carbocycles. The zero-order valence-corrected chi connectivity index (χ0v) is 13.0. The minimum Gasteiger partial charge on any atom is -0.337 e. The largest absolute Gasteiger partial charge is 0.337 e. The number of hydrogen-bond donors (Lipinski definition) is 3. The monoisotopic (exact) mass is 357 g/mol. The van der Waals surface area contributed by atoms with Crippen LogP contribution in [0.15, 0.2) is 59.1 Å². The number of anilines is 3. The molecular formula is C15H12BrN5O. The van der Waals surface area contributed by atoms with Gasteiger partial charge in [-0.25, -0.2) is 0 Å². The molecule has 1 amide bonds. The fourth-order valence-electron chi connectivity index (χ4n) is 1.88. The molecule has 7 heteroatoms. The minimum atomic E-state index is -0.348. The smallest absolute Gasteiger partial charge is 0.280 e. The van der Waals surface area contributed by atoms with Crippen LogP contribution in [0.3, 0.4) is 0 Å². The van der Waals surface area contributed by atoms with Crippen LogP contribution in [0.25, 0.3) is 0 Å². The zero-order valence-electron chi connectivity index (χ0n) is 11.4. The lowest BCUT2D eigenvalue weighted by Gasteiger charge is -2.07. The van der Waals surface area contributed by atoms with E-state index in [9.17, 15) is 4.79 Å². The van der Waals surface area contributed by atoms with Gasteiger partial charge in [0, 0.05) is 10.2 Å². The number of benzene rings is 2. The predicted molar refractivity (Wildman–Crippen MR) is 88.2 cm³/mol. The fourth-order valence-corrected chi connectivity index (χ4v) is 2.26. The molecule has 1 heterocycles. The number of H-pyrrole nitrogens is 1. The van der Waals surface area contributed by atoms with Gasteiger partial charge >= 0.3 is 0 Å². The zero-order chi connectivity index (χ0) is 15.4. The lowest BCUT2D eigenvalue weighted by molar-refractivity contribution is 0.102. The molecule has 0 aliphatic heterocycles. The summed E-state index contributed by atoms with van der Waals surface area (Å²) in [4.78, 5) is 12.3. The van der Waals surface area contributed by atoms with Crippen molar-refractivity contribution < 1.29 is 4.79 Å². The molecule has 0 aliphatic rings. The van der Waals surface area contributed by atoms with Crippen LogP contribution in [0.1, 0.15) is 10.5 Å². The van der Waals surface area contributed by atoms with Crippen molar-refractivity contribution in [3.05, 3.63) is 64.8 Å². The van der Waals surface area contributed by atoms with E-state index in [-0.39, 0.29) is 11.6 Å². The third kappa shape index (κ3) is 3.15. The summed E-state index contributed by atoms with van der Waals surface area (Å²) in [5.41, 5.74) is 1.69. The SMILES string of the molecule is O=C(Nc1ccccc1Br)c1n[nH]nc1Nc1ccccc1. The Labute approximate surface area is 135 Å². The number of nitrogens with zero attached hydrogens (tertiary/aromatic N) is 2. The highest BCUT2D eigenvalue weighted by molar-refractivity contribution is 9.10. The van der Waals surface area contributed by atoms with Gasteiger partial charge in [0.15, 0.2) is 11.5 Å². The highest BCUT2D eigenvalue weighted by Gasteiger charge is 2.17. The molecule has 0 fully saturated rings. The van der Waals surface area contributed by atoms with E-state index in [0.29, 0.717) is 11.5 Å². The van der Waals surface area contributed by atoms with Crippen LogP contribution < -0.4 is 10.6 Å². The average Bonchev–Trinajstić information content (AvgIpc) is 2.99. The van der Waals surface area contributed by atoms with Gasteiger partial charge in [-0.05, 0) is 40.2 Å².